The van der Waals surface area contributed by atoms with Crippen LogP contribution >= 0.6 is 0 Å². The molecule has 1 saturated carbocycles. The van der Waals surface area contributed by atoms with Crippen LogP contribution in [0.3, 0.4) is 0 Å². The summed E-state index contributed by atoms with van der Waals surface area (Å²) in [4.78, 5) is 12.1. The van der Waals surface area contributed by atoms with E-state index in [1.54, 1.807) is 24.3 Å². The van der Waals surface area contributed by atoms with Crippen LogP contribution in [0.2, 0.25) is 0 Å². The molecule has 17 heavy (non-hydrogen) atoms. The standard InChI is InChI=1S/C15H20O2/c16-14-9-7-13(8-10-14)15(17)11-12-5-3-1-2-4-6-12/h7-10,12,16H,1-6,11H2. The van der Waals surface area contributed by atoms with Crippen LogP contribution in [0.5, 0.6) is 5.75 Å². The van der Waals surface area contributed by atoms with Crippen molar-refractivity contribution in [3.05, 3.63) is 29.8 Å². The van der Waals surface area contributed by atoms with Crippen molar-refractivity contribution in [2.75, 3.05) is 0 Å². The Balaban J connectivity index is 1.93. The number of benzene rings is 1. The van der Waals surface area contributed by atoms with Gasteiger partial charge in [0, 0.05) is 12.0 Å². The summed E-state index contributed by atoms with van der Waals surface area (Å²) in [6.45, 7) is 0. The number of phenolic OH excluding ortho intramolecular Hbond substituents is 1. The zero-order chi connectivity index (χ0) is 12.1. The molecule has 2 nitrogen and oxygen atoms in total. The number of hydrogen-bond donors (Lipinski definition) is 1. The Morgan fingerprint density at radius 1 is 1.06 bits per heavy atom. The van der Waals surface area contributed by atoms with Gasteiger partial charge in [-0.05, 0) is 30.2 Å². The predicted molar refractivity (Wildman–Crippen MR) is 68.2 cm³/mol. The second-order valence-corrected chi connectivity index (χ2v) is 5.03. The van der Waals surface area contributed by atoms with Gasteiger partial charge in [0.15, 0.2) is 5.78 Å². The van der Waals surface area contributed by atoms with Crippen molar-refractivity contribution in [2.24, 2.45) is 5.92 Å². The molecule has 1 aromatic carbocycles. The first-order chi connectivity index (χ1) is 8.25. The van der Waals surface area contributed by atoms with Gasteiger partial charge in [0.2, 0.25) is 0 Å². The van der Waals surface area contributed by atoms with Crippen molar-refractivity contribution in [3.63, 3.8) is 0 Å². The largest absolute Gasteiger partial charge is 0.508 e. The van der Waals surface area contributed by atoms with Gasteiger partial charge in [0.25, 0.3) is 0 Å². The van der Waals surface area contributed by atoms with E-state index in [1.807, 2.05) is 0 Å². The second-order valence-electron chi connectivity index (χ2n) is 5.03. The van der Waals surface area contributed by atoms with Crippen LogP contribution in [0.15, 0.2) is 24.3 Å². The number of Topliss-reactive ketones (excluding diaryl/α,β-unsaturated/α-hetero) is 1. The van der Waals surface area contributed by atoms with E-state index in [0.29, 0.717) is 12.3 Å². The molecule has 0 bridgehead atoms. The van der Waals surface area contributed by atoms with Crippen molar-refractivity contribution in [1.82, 2.24) is 0 Å². The van der Waals surface area contributed by atoms with Crippen LogP contribution in [0.1, 0.15) is 55.3 Å². The average Bonchev–Trinajstić information content (AvgIpc) is 2.58. The molecular weight excluding hydrogens is 212 g/mol. The third-order valence-corrected chi connectivity index (χ3v) is 3.64. The first-order valence-corrected chi connectivity index (χ1v) is 6.58. The fourth-order valence-corrected chi connectivity index (χ4v) is 2.60. The number of carbonyl (C=O) groups is 1. The molecule has 1 fully saturated rings. The normalized spacial score (nSPS) is 17.6. The third-order valence-electron chi connectivity index (χ3n) is 3.64. The SMILES string of the molecule is O=C(CC1CCCCCC1)c1ccc(O)cc1. The van der Waals surface area contributed by atoms with E-state index in [0.717, 1.165) is 5.56 Å². The van der Waals surface area contributed by atoms with Gasteiger partial charge in [0.1, 0.15) is 5.75 Å². The lowest BCUT2D eigenvalue weighted by Crippen LogP contribution is -2.08. The molecule has 0 radical (unpaired) electrons. The molecule has 0 unspecified atom stereocenters. The molecular formula is C15H20O2. The van der Waals surface area contributed by atoms with Crippen LogP contribution in [-0.2, 0) is 0 Å². The fourth-order valence-electron chi connectivity index (χ4n) is 2.60. The van der Waals surface area contributed by atoms with Crippen molar-refractivity contribution >= 4 is 5.78 Å². The molecule has 1 aliphatic rings. The number of aromatic hydroxyl groups is 1. The van der Waals surface area contributed by atoms with E-state index in [-0.39, 0.29) is 11.5 Å². The zero-order valence-electron chi connectivity index (χ0n) is 10.2. The molecule has 92 valence electrons. The van der Waals surface area contributed by atoms with Gasteiger partial charge in [-0.3, -0.25) is 4.79 Å². The lowest BCUT2D eigenvalue weighted by molar-refractivity contribution is 0.0957. The second kappa shape index (κ2) is 5.85. The Morgan fingerprint density at radius 3 is 2.24 bits per heavy atom. The van der Waals surface area contributed by atoms with Crippen LogP contribution < -0.4 is 0 Å². The Kier molecular flexibility index (Phi) is 4.18. The number of rotatable bonds is 3. The Bertz CT molecular complexity index is 359. The molecule has 0 aliphatic heterocycles. The molecule has 1 aromatic rings. The monoisotopic (exact) mass is 232 g/mol. The Morgan fingerprint density at radius 2 is 1.65 bits per heavy atom. The van der Waals surface area contributed by atoms with Gasteiger partial charge in [-0.1, -0.05) is 38.5 Å². The third kappa shape index (κ3) is 3.58. The number of ketones is 1. The lowest BCUT2D eigenvalue weighted by atomic mass is 9.92. The van der Waals surface area contributed by atoms with Gasteiger partial charge in [-0.15, -0.1) is 0 Å². The summed E-state index contributed by atoms with van der Waals surface area (Å²) >= 11 is 0. The summed E-state index contributed by atoms with van der Waals surface area (Å²) in [5.74, 6) is 1.01. The van der Waals surface area contributed by atoms with Crippen LogP contribution in [-0.4, -0.2) is 10.9 Å². The van der Waals surface area contributed by atoms with Gasteiger partial charge in [0.05, 0.1) is 0 Å². The lowest BCUT2D eigenvalue weighted by Gasteiger charge is -2.12. The summed E-state index contributed by atoms with van der Waals surface area (Å²) in [5, 5.41) is 9.19. The molecule has 1 N–H and O–H groups in total. The van der Waals surface area contributed by atoms with Crippen molar-refractivity contribution in [2.45, 2.75) is 44.9 Å². The smallest absolute Gasteiger partial charge is 0.163 e. The molecule has 0 saturated heterocycles. The van der Waals surface area contributed by atoms with E-state index >= 15 is 0 Å². The summed E-state index contributed by atoms with van der Waals surface area (Å²) in [6, 6.07) is 6.60. The predicted octanol–water partition coefficient (Wildman–Crippen LogP) is 3.94. The summed E-state index contributed by atoms with van der Waals surface area (Å²) in [6.07, 6.45) is 8.26. The van der Waals surface area contributed by atoms with E-state index in [2.05, 4.69) is 0 Å². The highest BCUT2D eigenvalue weighted by Crippen LogP contribution is 2.26. The van der Waals surface area contributed by atoms with Gasteiger partial charge >= 0.3 is 0 Å². The quantitative estimate of drug-likeness (QED) is 0.633. The maximum absolute atomic E-state index is 12.1. The highest BCUT2D eigenvalue weighted by Gasteiger charge is 2.16. The molecule has 0 amide bonds. The summed E-state index contributed by atoms with van der Waals surface area (Å²) < 4.78 is 0. The maximum Gasteiger partial charge on any atom is 0.163 e. The maximum atomic E-state index is 12.1. The van der Waals surface area contributed by atoms with Crippen molar-refractivity contribution in [3.8, 4) is 5.75 Å². The minimum atomic E-state index is 0.219. The topological polar surface area (TPSA) is 37.3 Å². The zero-order valence-corrected chi connectivity index (χ0v) is 10.2. The average molecular weight is 232 g/mol. The summed E-state index contributed by atoms with van der Waals surface area (Å²) in [7, 11) is 0. The van der Waals surface area contributed by atoms with Crippen molar-refractivity contribution in [1.29, 1.82) is 0 Å². The van der Waals surface area contributed by atoms with E-state index in [9.17, 15) is 9.90 Å². The number of phenols is 1. The van der Waals surface area contributed by atoms with Crippen molar-refractivity contribution < 1.29 is 9.90 Å². The highest BCUT2D eigenvalue weighted by molar-refractivity contribution is 5.96. The van der Waals surface area contributed by atoms with E-state index in [1.165, 1.54) is 38.5 Å². The van der Waals surface area contributed by atoms with Crippen LogP contribution in [0.25, 0.3) is 0 Å². The fraction of sp³-hybridized carbons (Fsp3) is 0.533. The van der Waals surface area contributed by atoms with E-state index < -0.39 is 0 Å². The van der Waals surface area contributed by atoms with Gasteiger partial charge in [-0.25, -0.2) is 0 Å². The molecule has 0 spiro atoms. The molecule has 2 heteroatoms. The molecule has 0 atom stereocenters. The molecule has 0 heterocycles. The Labute approximate surface area is 103 Å². The highest BCUT2D eigenvalue weighted by atomic mass is 16.3. The summed E-state index contributed by atoms with van der Waals surface area (Å²) in [5.41, 5.74) is 0.729. The molecule has 1 aliphatic carbocycles. The Hall–Kier alpha value is -1.31. The first kappa shape index (κ1) is 12.2. The first-order valence-electron chi connectivity index (χ1n) is 6.58. The van der Waals surface area contributed by atoms with Gasteiger partial charge < -0.3 is 5.11 Å². The minimum Gasteiger partial charge on any atom is -0.508 e. The minimum absolute atomic E-state index is 0.219. The van der Waals surface area contributed by atoms with Gasteiger partial charge in [-0.2, -0.15) is 0 Å². The molecule has 2 rings (SSSR count). The number of carbonyl (C=O) groups excluding carboxylic acids is 1. The molecule has 0 aromatic heterocycles. The van der Waals surface area contributed by atoms with Crippen LogP contribution in [0.4, 0.5) is 0 Å². The number of hydrogen-bond acceptors (Lipinski definition) is 2. The van der Waals surface area contributed by atoms with Crippen LogP contribution in [0, 0.1) is 5.92 Å². The van der Waals surface area contributed by atoms with E-state index in [4.69, 9.17) is 0 Å².